The summed E-state index contributed by atoms with van der Waals surface area (Å²) in [6.07, 6.45) is -0.666. The van der Waals surface area contributed by atoms with E-state index >= 15 is 0 Å². The van der Waals surface area contributed by atoms with Gasteiger partial charge in [0.25, 0.3) is 11.8 Å². The lowest BCUT2D eigenvalue weighted by molar-refractivity contribution is -0.142. The van der Waals surface area contributed by atoms with Crippen LogP contribution in [0.15, 0.2) is 18.2 Å². The monoisotopic (exact) mass is 486 g/mol. The number of imide groups is 2. The lowest BCUT2D eigenvalue weighted by atomic mass is 10.0. The predicted molar refractivity (Wildman–Crippen MR) is 120 cm³/mol. The fraction of sp³-hybridized carbons (Fsp3) is 0.478. The van der Waals surface area contributed by atoms with Gasteiger partial charge in [-0.3, -0.25) is 34.3 Å². The summed E-state index contributed by atoms with van der Waals surface area (Å²) < 4.78 is 5.33. The minimum Gasteiger partial charge on any atom is -0.480 e. The zero-order chi connectivity index (χ0) is 25.7. The van der Waals surface area contributed by atoms with Crippen LogP contribution in [-0.4, -0.2) is 80.9 Å². The number of likely N-dealkylation sites (tertiary alicyclic amines) is 1. The van der Waals surface area contributed by atoms with Crippen molar-refractivity contribution in [3.8, 4) is 0 Å². The van der Waals surface area contributed by atoms with Crippen LogP contribution in [0.2, 0.25) is 0 Å². The summed E-state index contributed by atoms with van der Waals surface area (Å²) in [6.45, 7) is 5.04. The molecule has 35 heavy (non-hydrogen) atoms. The molecule has 3 aliphatic rings. The molecule has 3 aliphatic heterocycles. The van der Waals surface area contributed by atoms with E-state index in [-0.39, 0.29) is 42.6 Å². The van der Waals surface area contributed by atoms with Crippen molar-refractivity contribution >= 4 is 41.4 Å². The molecule has 0 radical (unpaired) electrons. The molecule has 12 nitrogen and oxygen atoms in total. The number of anilines is 1. The van der Waals surface area contributed by atoms with Crippen molar-refractivity contribution in [1.82, 2.24) is 15.1 Å². The van der Waals surface area contributed by atoms with E-state index in [1.807, 2.05) is 0 Å². The maximum Gasteiger partial charge on any atom is 0.411 e. The molecule has 0 bridgehead atoms. The van der Waals surface area contributed by atoms with Crippen LogP contribution in [0.25, 0.3) is 0 Å². The van der Waals surface area contributed by atoms with Crippen molar-refractivity contribution in [3.63, 3.8) is 0 Å². The van der Waals surface area contributed by atoms with Gasteiger partial charge in [-0.1, -0.05) is 6.07 Å². The number of aliphatic carboxylic acids is 1. The van der Waals surface area contributed by atoms with Crippen LogP contribution >= 0.6 is 0 Å². The van der Waals surface area contributed by atoms with E-state index < -0.39 is 59.4 Å². The molecular formula is C23H26N4O8. The Labute approximate surface area is 200 Å². The number of benzene rings is 1. The van der Waals surface area contributed by atoms with Crippen molar-refractivity contribution in [2.45, 2.75) is 63.8 Å². The van der Waals surface area contributed by atoms with Gasteiger partial charge in [0.15, 0.2) is 0 Å². The van der Waals surface area contributed by atoms with Crippen LogP contribution in [0.4, 0.5) is 10.5 Å². The highest BCUT2D eigenvalue weighted by Gasteiger charge is 2.47. The van der Waals surface area contributed by atoms with Gasteiger partial charge in [0.1, 0.15) is 17.7 Å². The second-order valence-electron chi connectivity index (χ2n) is 9.74. The number of amides is 5. The molecule has 3 atom stereocenters. The first-order chi connectivity index (χ1) is 16.4. The Bertz CT molecular complexity index is 1140. The van der Waals surface area contributed by atoms with Gasteiger partial charge in [0.05, 0.1) is 11.1 Å². The lowest BCUT2D eigenvalue weighted by Gasteiger charge is -2.28. The van der Waals surface area contributed by atoms with E-state index in [4.69, 9.17) is 4.74 Å². The van der Waals surface area contributed by atoms with Crippen LogP contribution in [0, 0.1) is 0 Å². The van der Waals surface area contributed by atoms with E-state index in [1.54, 1.807) is 32.9 Å². The van der Waals surface area contributed by atoms with E-state index in [0.717, 1.165) is 9.80 Å². The maximum atomic E-state index is 13.3. The second kappa shape index (κ2) is 8.67. The summed E-state index contributed by atoms with van der Waals surface area (Å²) in [6, 6.07) is 1.84. The number of carboxylic acid groups (broad SMARTS) is 1. The summed E-state index contributed by atoms with van der Waals surface area (Å²) >= 11 is 0. The zero-order valence-electron chi connectivity index (χ0n) is 19.5. The third kappa shape index (κ3) is 4.55. The number of nitrogens with zero attached hydrogens (tertiary/aromatic N) is 2. The van der Waals surface area contributed by atoms with E-state index in [1.165, 1.54) is 6.07 Å². The number of ether oxygens (including phenoxy) is 1. The third-order valence-electron chi connectivity index (χ3n) is 6.04. The Balaban J connectivity index is 1.56. The fourth-order valence-electron chi connectivity index (χ4n) is 4.55. The van der Waals surface area contributed by atoms with Crippen LogP contribution < -0.4 is 10.6 Å². The Morgan fingerprint density at radius 3 is 2.49 bits per heavy atom. The molecule has 2 fully saturated rings. The molecule has 4 rings (SSSR count). The number of rotatable bonds is 4. The van der Waals surface area contributed by atoms with Crippen LogP contribution in [0.1, 0.15) is 60.7 Å². The summed E-state index contributed by atoms with van der Waals surface area (Å²) in [5.74, 6) is -3.69. The number of carbonyl (C=O) groups excluding carboxylic acids is 5. The summed E-state index contributed by atoms with van der Waals surface area (Å²) in [5.41, 5.74) is -0.361. The molecule has 3 N–H and O–H groups in total. The second-order valence-corrected chi connectivity index (χ2v) is 9.74. The first-order valence-corrected chi connectivity index (χ1v) is 11.2. The van der Waals surface area contributed by atoms with Crippen LogP contribution in [-0.2, 0) is 19.1 Å². The minimum absolute atomic E-state index is 0.00801. The van der Waals surface area contributed by atoms with Gasteiger partial charge in [0, 0.05) is 31.1 Å². The van der Waals surface area contributed by atoms with Gasteiger partial charge < -0.3 is 15.2 Å². The zero-order valence-corrected chi connectivity index (χ0v) is 19.5. The van der Waals surface area contributed by atoms with E-state index in [0.29, 0.717) is 0 Å². The number of carboxylic acids is 1. The summed E-state index contributed by atoms with van der Waals surface area (Å²) in [7, 11) is 0. The van der Waals surface area contributed by atoms with Crippen molar-refractivity contribution in [1.29, 1.82) is 0 Å². The fourth-order valence-corrected chi connectivity index (χ4v) is 4.55. The predicted octanol–water partition coefficient (Wildman–Crippen LogP) is 0.962. The van der Waals surface area contributed by atoms with Crippen LogP contribution in [0.5, 0.6) is 0 Å². The molecule has 12 heteroatoms. The SMILES string of the molecule is CC(C)(C)OC(=O)N1C[C@@H](Nc2cccc3c2C(=O)N(C2CCC(=O)NC2=O)C3=O)C[C@H]1C(=O)O. The molecule has 1 unspecified atom stereocenters. The molecule has 5 amide bonds. The number of hydrogen-bond donors (Lipinski definition) is 3. The molecule has 0 aliphatic carbocycles. The Morgan fingerprint density at radius 1 is 1.14 bits per heavy atom. The third-order valence-corrected chi connectivity index (χ3v) is 6.04. The number of fused-ring (bicyclic) bond motifs is 1. The van der Waals surface area contributed by atoms with Gasteiger partial charge in [-0.05, 0) is 39.3 Å². The molecule has 1 aromatic rings. The van der Waals surface area contributed by atoms with Crippen molar-refractivity contribution in [3.05, 3.63) is 29.3 Å². The molecule has 0 aromatic heterocycles. The standard InChI is InChI=1S/C23H26N4O8/c1-23(2,3)35-22(34)26-10-11(9-15(26)21(32)33)24-13-6-4-5-12-17(13)20(31)27(19(12)30)14-7-8-16(28)25-18(14)29/h4-6,11,14-15,24H,7-10H2,1-3H3,(H,32,33)(H,25,28,29)/t11-,14?,15-/m0/s1. The Morgan fingerprint density at radius 2 is 1.86 bits per heavy atom. The average Bonchev–Trinajstić information content (AvgIpc) is 3.28. The normalized spacial score (nSPS) is 24.4. The minimum atomic E-state index is -1.19. The topological polar surface area (TPSA) is 162 Å². The number of nitrogens with one attached hydrogen (secondary N) is 2. The van der Waals surface area contributed by atoms with Gasteiger partial charge in [0.2, 0.25) is 11.8 Å². The van der Waals surface area contributed by atoms with Gasteiger partial charge in [-0.15, -0.1) is 0 Å². The van der Waals surface area contributed by atoms with E-state index in [2.05, 4.69) is 10.6 Å². The van der Waals surface area contributed by atoms with Gasteiger partial charge in [-0.2, -0.15) is 0 Å². The quantitative estimate of drug-likeness (QED) is 0.526. The highest BCUT2D eigenvalue weighted by Crippen LogP contribution is 2.34. The van der Waals surface area contributed by atoms with Crippen LogP contribution in [0.3, 0.4) is 0 Å². The molecule has 0 spiro atoms. The van der Waals surface area contributed by atoms with Crippen molar-refractivity contribution in [2.24, 2.45) is 0 Å². The smallest absolute Gasteiger partial charge is 0.411 e. The maximum absolute atomic E-state index is 13.3. The highest BCUT2D eigenvalue weighted by molar-refractivity contribution is 6.25. The van der Waals surface area contributed by atoms with Gasteiger partial charge in [-0.25, -0.2) is 9.59 Å². The first-order valence-electron chi connectivity index (χ1n) is 11.2. The molecule has 1 aromatic carbocycles. The number of hydrogen-bond acceptors (Lipinski definition) is 8. The lowest BCUT2D eigenvalue weighted by Crippen LogP contribution is -2.54. The largest absolute Gasteiger partial charge is 0.480 e. The number of piperidine rings is 1. The van der Waals surface area contributed by atoms with E-state index in [9.17, 15) is 33.9 Å². The molecule has 3 heterocycles. The van der Waals surface area contributed by atoms with Crippen molar-refractivity contribution in [2.75, 3.05) is 11.9 Å². The Kier molecular flexibility index (Phi) is 5.99. The van der Waals surface area contributed by atoms with Gasteiger partial charge >= 0.3 is 12.1 Å². The van der Waals surface area contributed by atoms with Crippen molar-refractivity contribution < 1.29 is 38.6 Å². The molecule has 186 valence electrons. The molecule has 0 saturated carbocycles. The highest BCUT2D eigenvalue weighted by atomic mass is 16.6. The molecule has 2 saturated heterocycles. The average molecular weight is 486 g/mol. The first kappa shape index (κ1) is 24.2. The Hall–Kier alpha value is -3.96. The summed E-state index contributed by atoms with van der Waals surface area (Å²) in [4.78, 5) is 76.4. The summed E-state index contributed by atoms with van der Waals surface area (Å²) in [5, 5.41) is 14.9. The number of carbonyl (C=O) groups is 6. The molecular weight excluding hydrogens is 460 g/mol.